The Hall–Kier alpha value is -2.40. The van der Waals surface area contributed by atoms with Crippen LogP contribution in [0.5, 0.6) is 17.2 Å². The summed E-state index contributed by atoms with van der Waals surface area (Å²) in [6, 6.07) is 3.32. The summed E-state index contributed by atoms with van der Waals surface area (Å²) in [4.78, 5) is 15.4. The van der Waals surface area contributed by atoms with Crippen LogP contribution in [0.4, 0.5) is 0 Å². The van der Waals surface area contributed by atoms with Gasteiger partial charge in [0.1, 0.15) is 0 Å². The molecule has 0 N–H and O–H groups in total. The maximum atomic E-state index is 12.7. The lowest BCUT2D eigenvalue weighted by molar-refractivity contribution is 0.0999. The van der Waals surface area contributed by atoms with Crippen LogP contribution in [-0.2, 0) is 0 Å². The first-order chi connectivity index (χ1) is 24.7. The van der Waals surface area contributed by atoms with Crippen LogP contribution in [-0.4, -0.2) is 25.7 Å². The normalized spacial score (nSPS) is 11.0. The SMILES string of the molecule is CCCCCCCCCCCCOc1cc(C(=O)N=[N+]=[N-])cc(OCCCCCCCCCCCC)c1OCCCCCCCCCCCC. The molecule has 1 aromatic rings. The monoisotopic (exact) mass is 700 g/mol. The Balaban J connectivity index is 2.74. The first kappa shape index (κ1) is 45.6. The number of carbonyl (C=O) groups is 1. The molecule has 0 aliphatic carbocycles. The van der Waals surface area contributed by atoms with Crippen molar-refractivity contribution in [2.45, 2.75) is 213 Å². The molecule has 1 aromatic carbocycles. The molecule has 0 unspecified atom stereocenters. The number of carbonyl (C=O) groups excluding carboxylic acids is 1. The lowest BCUT2D eigenvalue weighted by Crippen LogP contribution is -2.08. The largest absolute Gasteiger partial charge is 0.490 e. The predicted octanol–water partition coefficient (Wildman–Crippen LogP) is 15.0. The highest BCUT2D eigenvalue weighted by Gasteiger charge is 2.19. The molecule has 7 heteroatoms. The third-order valence-electron chi connectivity index (χ3n) is 9.66. The zero-order valence-electron chi connectivity index (χ0n) is 33.0. The van der Waals surface area contributed by atoms with Gasteiger partial charge in [-0.2, -0.15) is 0 Å². The summed E-state index contributed by atoms with van der Waals surface area (Å²) in [5, 5.41) is 3.35. The van der Waals surface area contributed by atoms with E-state index in [1.54, 1.807) is 12.1 Å². The number of nitrogens with zero attached hydrogens (tertiary/aromatic N) is 3. The van der Waals surface area contributed by atoms with Crippen LogP contribution >= 0.6 is 0 Å². The van der Waals surface area contributed by atoms with E-state index in [0.29, 0.717) is 37.1 Å². The molecular weight excluding hydrogens is 622 g/mol. The highest BCUT2D eigenvalue weighted by atomic mass is 16.5. The van der Waals surface area contributed by atoms with E-state index in [2.05, 4.69) is 30.8 Å². The molecule has 0 radical (unpaired) electrons. The number of hydrogen-bond acceptors (Lipinski definition) is 4. The number of rotatable bonds is 37. The molecule has 7 nitrogen and oxygen atoms in total. The summed E-state index contributed by atoms with van der Waals surface area (Å²) < 4.78 is 18.9. The van der Waals surface area contributed by atoms with Gasteiger partial charge in [0.2, 0.25) is 11.7 Å². The predicted molar refractivity (Wildman–Crippen MR) is 212 cm³/mol. The van der Waals surface area contributed by atoms with Gasteiger partial charge < -0.3 is 14.2 Å². The molecule has 1 rings (SSSR count). The standard InChI is InChI=1S/C43H77N3O4/c1-4-7-10-13-16-19-22-25-28-31-34-48-40-37-39(43(47)45-46-44)38-41(49-35-32-29-26-23-20-17-14-11-8-5-2)42(40)50-36-33-30-27-24-21-18-15-12-9-6-3/h37-38H,4-36H2,1-3H3. The fourth-order valence-electron chi connectivity index (χ4n) is 6.46. The van der Waals surface area contributed by atoms with Crippen molar-refractivity contribution in [2.24, 2.45) is 5.11 Å². The second kappa shape index (κ2) is 35.0. The van der Waals surface area contributed by atoms with E-state index >= 15 is 0 Å². The van der Waals surface area contributed by atoms with Crippen molar-refractivity contribution in [3.63, 3.8) is 0 Å². The van der Waals surface area contributed by atoms with E-state index in [0.717, 1.165) is 38.5 Å². The van der Waals surface area contributed by atoms with Gasteiger partial charge in [0.25, 0.3) is 0 Å². The van der Waals surface area contributed by atoms with Gasteiger partial charge in [-0.05, 0) is 42.0 Å². The van der Waals surface area contributed by atoms with Gasteiger partial charge in [-0.3, -0.25) is 4.79 Å². The summed E-state index contributed by atoms with van der Waals surface area (Å²) in [6.45, 7) is 8.45. The maximum absolute atomic E-state index is 12.7. The molecule has 0 saturated carbocycles. The second-order valence-corrected chi connectivity index (χ2v) is 14.4. The Kier molecular flexibility index (Phi) is 32.0. The molecule has 50 heavy (non-hydrogen) atoms. The number of amides is 1. The van der Waals surface area contributed by atoms with Gasteiger partial charge in [-0.15, -0.1) is 0 Å². The number of unbranched alkanes of at least 4 members (excludes halogenated alkanes) is 27. The van der Waals surface area contributed by atoms with Crippen molar-refractivity contribution in [1.82, 2.24) is 0 Å². The fourth-order valence-corrected chi connectivity index (χ4v) is 6.46. The lowest BCUT2D eigenvalue weighted by atomic mass is 10.1. The Morgan fingerprint density at radius 3 is 1.06 bits per heavy atom. The molecule has 0 fully saturated rings. The quantitative estimate of drug-likeness (QED) is 0.0299. The highest BCUT2D eigenvalue weighted by molar-refractivity contribution is 5.96. The van der Waals surface area contributed by atoms with Gasteiger partial charge in [0.05, 0.1) is 19.8 Å². The molecule has 0 aliphatic rings. The molecule has 288 valence electrons. The number of benzene rings is 1. The van der Waals surface area contributed by atoms with Crippen molar-refractivity contribution in [3.8, 4) is 17.2 Å². The molecule has 0 saturated heterocycles. The van der Waals surface area contributed by atoms with Crippen LogP contribution in [0.3, 0.4) is 0 Å². The minimum atomic E-state index is -0.638. The van der Waals surface area contributed by atoms with E-state index < -0.39 is 5.91 Å². The van der Waals surface area contributed by atoms with Crippen LogP contribution in [0, 0.1) is 0 Å². The average molecular weight is 700 g/mol. The molecule has 1 amide bonds. The summed E-state index contributed by atoms with van der Waals surface area (Å²) in [7, 11) is 0. The Bertz CT molecular complexity index is 932. The van der Waals surface area contributed by atoms with Crippen molar-refractivity contribution in [3.05, 3.63) is 28.1 Å². The van der Waals surface area contributed by atoms with E-state index in [4.69, 9.17) is 19.7 Å². The molecule has 0 heterocycles. The summed E-state index contributed by atoms with van der Waals surface area (Å²) in [5.74, 6) is 0.939. The Labute approximate surface area is 308 Å². The number of hydrogen-bond donors (Lipinski definition) is 0. The Morgan fingerprint density at radius 2 is 0.760 bits per heavy atom. The van der Waals surface area contributed by atoms with Gasteiger partial charge in [0, 0.05) is 10.5 Å². The number of azide groups is 1. The summed E-state index contributed by atoms with van der Waals surface area (Å²) in [5.41, 5.74) is 9.21. The fraction of sp³-hybridized carbons (Fsp3) is 0.837. The highest BCUT2D eigenvalue weighted by Crippen LogP contribution is 2.40. The van der Waals surface area contributed by atoms with Crippen LogP contribution < -0.4 is 14.2 Å². The topological polar surface area (TPSA) is 93.5 Å². The van der Waals surface area contributed by atoms with E-state index in [-0.39, 0.29) is 5.56 Å². The van der Waals surface area contributed by atoms with Crippen LogP contribution in [0.15, 0.2) is 17.2 Å². The minimum Gasteiger partial charge on any atom is -0.490 e. The second-order valence-electron chi connectivity index (χ2n) is 14.4. The van der Waals surface area contributed by atoms with Crippen molar-refractivity contribution in [1.29, 1.82) is 0 Å². The minimum absolute atomic E-state index is 0.269. The molecule has 0 aromatic heterocycles. The maximum Gasteiger partial charge on any atom is 0.249 e. The third-order valence-corrected chi connectivity index (χ3v) is 9.66. The lowest BCUT2D eigenvalue weighted by Gasteiger charge is -2.18. The first-order valence-electron chi connectivity index (χ1n) is 21.3. The Morgan fingerprint density at radius 1 is 0.480 bits per heavy atom. The van der Waals surface area contributed by atoms with E-state index in [1.165, 1.54) is 154 Å². The van der Waals surface area contributed by atoms with Crippen molar-refractivity contribution >= 4 is 5.91 Å². The first-order valence-corrected chi connectivity index (χ1v) is 21.3. The summed E-state index contributed by atoms with van der Waals surface area (Å²) in [6.07, 6.45) is 37.7. The van der Waals surface area contributed by atoms with Gasteiger partial charge in [0.15, 0.2) is 11.5 Å². The zero-order valence-corrected chi connectivity index (χ0v) is 33.0. The number of ether oxygens (including phenoxy) is 3. The molecule has 0 atom stereocenters. The van der Waals surface area contributed by atoms with Gasteiger partial charge >= 0.3 is 0 Å². The van der Waals surface area contributed by atoms with Gasteiger partial charge in [-0.1, -0.05) is 194 Å². The van der Waals surface area contributed by atoms with Crippen LogP contribution in [0.2, 0.25) is 0 Å². The summed E-state index contributed by atoms with van der Waals surface area (Å²) >= 11 is 0. The van der Waals surface area contributed by atoms with Crippen LogP contribution in [0.25, 0.3) is 10.4 Å². The van der Waals surface area contributed by atoms with E-state index in [9.17, 15) is 4.79 Å². The molecule has 0 aliphatic heterocycles. The third kappa shape index (κ3) is 25.5. The van der Waals surface area contributed by atoms with E-state index in [1.807, 2.05) is 0 Å². The smallest absolute Gasteiger partial charge is 0.249 e. The molecule has 0 bridgehead atoms. The van der Waals surface area contributed by atoms with Crippen LogP contribution in [0.1, 0.15) is 224 Å². The molecule has 0 spiro atoms. The van der Waals surface area contributed by atoms with Gasteiger partial charge in [-0.25, -0.2) is 0 Å². The average Bonchev–Trinajstić information content (AvgIpc) is 3.12. The molecular formula is C43H77N3O4. The van der Waals surface area contributed by atoms with Crippen molar-refractivity contribution < 1.29 is 19.0 Å². The zero-order chi connectivity index (χ0) is 36.2. The van der Waals surface area contributed by atoms with Crippen molar-refractivity contribution in [2.75, 3.05) is 19.8 Å².